The zero-order valence-corrected chi connectivity index (χ0v) is 29.4. The topological polar surface area (TPSA) is 163 Å². The molecule has 2 aliphatic heterocycles. The molecule has 0 radical (unpaired) electrons. The fourth-order valence-electron chi connectivity index (χ4n) is 5.91. The van der Waals surface area contributed by atoms with Crippen LogP contribution in [0.4, 0.5) is 9.59 Å². The molecule has 2 unspecified atom stereocenters. The third-order valence-corrected chi connectivity index (χ3v) is 7.90. The van der Waals surface area contributed by atoms with Gasteiger partial charge in [-0.15, -0.1) is 4.99 Å². The highest BCUT2D eigenvalue weighted by Crippen LogP contribution is 2.48. The number of likely N-dealkylation sites (tertiary alicyclic amines) is 1. The molecule has 4 atom stereocenters. The molecule has 3 heterocycles. The monoisotopic (exact) mass is 691 g/mol. The molecule has 2 bridgehead atoms. The van der Waals surface area contributed by atoms with Crippen molar-refractivity contribution >= 4 is 18.1 Å². The second kappa shape index (κ2) is 14.6. The summed E-state index contributed by atoms with van der Waals surface area (Å²) in [5, 5.41) is 2.63. The van der Waals surface area contributed by atoms with Crippen molar-refractivity contribution in [3.63, 3.8) is 0 Å². The second-order valence-electron chi connectivity index (χ2n) is 14.4. The van der Waals surface area contributed by atoms with Crippen LogP contribution in [0.25, 0.3) is 0 Å². The summed E-state index contributed by atoms with van der Waals surface area (Å²) in [5.41, 5.74) is -2.19. The Labute approximate surface area is 290 Å². The smallest absolute Gasteiger partial charge is 0.437 e. The Balaban J connectivity index is 1.61. The molecule has 2 fully saturated rings. The number of hydrogen-bond donors (Lipinski definition) is 2. The molecule has 0 aliphatic carbocycles. The van der Waals surface area contributed by atoms with Crippen molar-refractivity contribution in [2.75, 3.05) is 13.2 Å². The highest BCUT2D eigenvalue weighted by Gasteiger charge is 2.66. The van der Waals surface area contributed by atoms with Gasteiger partial charge in [-0.25, -0.2) is 14.4 Å². The molecule has 3 aromatic rings. The number of amides is 2. The van der Waals surface area contributed by atoms with Gasteiger partial charge in [0.05, 0.1) is 26.4 Å². The number of nitrogens with zero attached hydrogens (tertiary/aromatic N) is 3. The zero-order valence-electron chi connectivity index (χ0n) is 29.4. The third-order valence-electron chi connectivity index (χ3n) is 7.90. The standard InChI is InChI=1S/C36H45N5O9/c1-23-18-40(31(43)37-28(23)42)29-26-27(47-20-25-16-12-9-13-17-25)36(48-29,22-46-19-24-14-10-8-11-15-24)21-41(26)30(38-32(44)49-34(2,3)4)39-33(45)50-35(5,6)7/h8-18,26-27,29H,19-22H2,1-7H3,(H,37,42,43)(H,38,39,44,45)/t26?,27?,29-,36-/m1/s1. The van der Waals surface area contributed by atoms with Gasteiger partial charge >= 0.3 is 17.9 Å². The molecule has 268 valence electrons. The molecule has 14 heteroatoms. The molecular weight excluding hydrogens is 646 g/mol. The number of hydrogen-bond acceptors (Lipinski definition) is 9. The van der Waals surface area contributed by atoms with Crippen LogP contribution in [0.3, 0.4) is 0 Å². The lowest BCUT2D eigenvalue weighted by Gasteiger charge is -2.38. The van der Waals surface area contributed by atoms with E-state index in [1.54, 1.807) is 53.4 Å². The summed E-state index contributed by atoms with van der Waals surface area (Å²) in [6.45, 7) is 12.2. The van der Waals surface area contributed by atoms with Gasteiger partial charge in [-0.3, -0.25) is 19.7 Å². The Hall–Kier alpha value is -4.79. The van der Waals surface area contributed by atoms with Gasteiger partial charge in [-0.2, -0.15) is 0 Å². The Morgan fingerprint density at radius 1 is 0.940 bits per heavy atom. The van der Waals surface area contributed by atoms with E-state index in [0.29, 0.717) is 0 Å². The Morgan fingerprint density at radius 3 is 2.14 bits per heavy atom. The van der Waals surface area contributed by atoms with Crippen LogP contribution >= 0.6 is 0 Å². The van der Waals surface area contributed by atoms with E-state index in [4.69, 9.17) is 23.7 Å². The number of rotatable bonds is 8. The van der Waals surface area contributed by atoms with Crippen molar-refractivity contribution in [2.45, 2.75) is 96.9 Å². The van der Waals surface area contributed by atoms with Crippen molar-refractivity contribution in [1.29, 1.82) is 0 Å². The highest BCUT2D eigenvalue weighted by atomic mass is 16.6. The summed E-state index contributed by atoms with van der Waals surface area (Å²) in [7, 11) is 0. The van der Waals surface area contributed by atoms with Gasteiger partial charge in [0.25, 0.3) is 5.56 Å². The van der Waals surface area contributed by atoms with E-state index in [1.165, 1.54) is 10.8 Å². The summed E-state index contributed by atoms with van der Waals surface area (Å²) in [6, 6.07) is 18.2. The molecule has 50 heavy (non-hydrogen) atoms. The fourth-order valence-corrected chi connectivity index (χ4v) is 5.91. The lowest BCUT2D eigenvalue weighted by molar-refractivity contribution is -0.165. The normalized spacial score (nSPS) is 22.0. The van der Waals surface area contributed by atoms with Gasteiger partial charge in [-0.1, -0.05) is 60.7 Å². The molecule has 2 aromatic carbocycles. The van der Waals surface area contributed by atoms with E-state index in [2.05, 4.69) is 15.3 Å². The first kappa shape index (κ1) is 36.5. The number of benzene rings is 2. The number of ether oxygens (including phenoxy) is 5. The first-order valence-electron chi connectivity index (χ1n) is 16.4. The number of aromatic amines is 1. The number of carbonyl (C=O) groups excluding carboxylic acids is 2. The van der Waals surface area contributed by atoms with Crippen molar-refractivity contribution in [1.82, 2.24) is 19.8 Å². The van der Waals surface area contributed by atoms with Crippen LogP contribution in [0.15, 0.2) is 81.4 Å². The number of aliphatic imine (C=N–C) groups is 1. The minimum atomic E-state index is -1.26. The Kier molecular flexibility index (Phi) is 10.6. The number of aryl methyl sites for hydroxylation is 1. The van der Waals surface area contributed by atoms with Gasteiger partial charge < -0.3 is 28.6 Å². The quantitative estimate of drug-likeness (QED) is 0.256. The average molecular weight is 692 g/mol. The van der Waals surface area contributed by atoms with E-state index in [9.17, 15) is 19.2 Å². The van der Waals surface area contributed by atoms with Gasteiger partial charge in [0.1, 0.15) is 28.9 Å². The van der Waals surface area contributed by atoms with Crippen molar-refractivity contribution in [2.24, 2.45) is 4.99 Å². The first-order chi connectivity index (χ1) is 23.5. The van der Waals surface area contributed by atoms with Crippen LogP contribution in [0, 0.1) is 6.92 Å². The lowest BCUT2D eigenvalue weighted by Crippen LogP contribution is -2.56. The molecule has 1 aromatic heterocycles. The van der Waals surface area contributed by atoms with E-state index >= 15 is 0 Å². The molecule has 0 saturated carbocycles. The van der Waals surface area contributed by atoms with Crippen LogP contribution in [-0.2, 0) is 36.9 Å². The summed E-state index contributed by atoms with van der Waals surface area (Å²) >= 11 is 0. The zero-order chi connectivity index (χ0) is 36.3. The van der Waals surface area contributed by atoms with Crippen LogP contribution in [0.5, 0.6) is 0 Å². The number of alkyl carbamates (subject to hydrolysis) is 1. The van der Waals surface area contributed by atoms with Gasteiger partial charge in [0.15, 0.2) is 6.23 Å². The molecule has 2 amide bonds. The first-order valence-corrected chi connectivity index (χ1v) is 16.4. The summed E-state index contributed by atoms with van der Waals surface area (Å²) in [4.78, 5) is 60.3. The molecule has 5 rings (SSSR count). The van der Waals surface area contributed by atoms with E-state index in [-0.39, 0.29) is 37.9 Å². The minimum absolute atomic E-state index is 0.00586. The molecule has 2 aliphatic rings. The Bertz CT molecular complexity index is 1810. The lowest BCUT2D eigenvalue weighted by atomic mass is 10.00. The second-order valence-corrected chi connectivity index (χ2v) is 14.4. The fraction of sp³-hybridized carbons (Fsp3) is 0.472. The summed E-state index contributed by atoms with van der Waals surface area (Å²) in [6.07, 6.45) is -2.31. The molecule has 2 N–H and O–H groups in total. The number of fused-ring (bicyclic) bond motifs is 2. The molecule has 14 nitrogen and oxygen atoms in total. The number of H-pyrrole nitrogens is 1. The largest absolute Gasteiger partial charge is 0.444 e. The maximum Gasteiger partial charge on any atom is 0.437 e. The number of morpholine rings is 1. The minimum Gasteiger partial charge on any atom is -0.444 e. The van der Waals surface area contributed by atoms with Crippen molar-refractivity contribution in [3.8, 4) is 0 Å². The van der Waals surface area contributed by atoms with E-state index in [1.807, 2.05) is 60.7 Å². The molecule has 0 spiro atoms. The molecule has 2 saturated heterocycles. The maximum absolute atomic E-state index is 13.3. The van der Waals surface area contributed by atoms with Crippen LogP contribution in [-0.4, -0.2) is 74.7 Å². The average Bonchev–Trinajstić information content (AvgIpc) is 3.50. The SMILES string of the molecule is Cc1cn([C@@H]2O[C@@]3(COCc4ccccc4)CN(/C(=N\C(=O)OC(C)(C)C)NC(=O)OC(C)(C)C)C2C3OCc2ccccc2)c(=O)[nH]c1=O. The number of nitrogens with one attached hydrogen (secondary N) is 2. The highest BCUT2D eigenvalue weighted by molar-refractivity contribution is 5.99. The predicted octanol–water partition coefficient (Wildman–Crippen LogP) is 4.41. The third kappa shape index (κ3) is 8.86. The number of guanidine groups is 1. The number of aromatic nitrogens is 2. The van der Waals surface area contributed by atoms with E-state index < -0.39 is 58.6 Å². The van der Waals surface area contributed by atoms with Gasteiger partial charge in [0.2, 0.25) is 5.96 Å². The van der Waals surface area contributed by atoms with Crippen LogP contribution in [0.2, 0.25) is 0 Å². The van der Waals surface area contributed by atoms with Crippen LogP contribution < -0.4 is 16.6 Å². The van der Waals surface area contributed by atoms with Crippen molar-refractivity contribution in [3.05, 3.63) is 104 Å². The number of carbonyl (C=O) groups is 2. The maximum atomic E-state index is 13.3. The summed E-state index contributed by atoms with van der Waals surface area (Å²) < 4.78 is 31.9. The Morgan fingerprint density at radius 2 is 1.54 bits per heavy atom. The van der Waals surface area contributed by atoms with E-state index in [0.717, 1.165) is 11.1 Å². The molecular formula is C36H45N5O9. The summed E-state index contributed by atoms with van der Waals surface area (Å²) in [5.74, 6) is -0.195. The van der Waals surface area contributed by atoms with Crippen molar-refractivity contribution < 1.29 is 33.3 Å². The van der Waals surface area contributed by atoms with Gasteiger partial charge in [-0.05, 0) is 59.6 Å². The van der Waals surface area contributed by atoms with Gasteiger partial charge in [0, 0.05) is 11.8 Å². The predicted molar refractivity (Wildman–Crippen MR) is 184 cm³/mol. The van der Waals surface area contributed by atoms with Crippen LogP contribution in [0.1, 0.15) is 64.5 Å².